The SMILES string of the molecule is CC.CC.CC.CC.CC(C)(C)NC(=O)c1cccn(C2CCCCC2)c1=O.CC(C)(C)NC(=O)c1ccnn(C2CCCCC2)c1=O.CC(C)(C)NC(=O)c1ncc(Cc2ccccc2)[nH]c1=O.CC(C)(C)NC(=O)c1nccn(C2CCCCC2)c1=O. The van der Waals surface area contributed by atoms with Gasteiger partial charge in [-0.3, -0.25) is 38.4 Å². The Bertz CT molecular complexity index is 2900. The van der Waals surface area contributed by atoms with Crippen LogP contribution in [-0.2, 0) is 6.42 Å². The van der Waals surface area contributed by atoms with Crippen LogP contribution in [0.25, 0.3) is 0 Å². The van der Waals surface area contributed by atoms with E-state index in [0.29, 0.717) is 12.1 Å². The summed E-state index contributed by atoms with van der Waals surface area (Å²) in [6.07, 6.45) is 25.3. The lowest BCUT2D eigenvalue weighted by atomic mass is 9.95. The lowest BCUT2D eigenvalue weighted by Gasteiger charge is -2.25. The highest BCUT2D eigenvalue weighted by Crippen LogP contribution is 2.28. The van der Waals surface area contributed by atoms with Crippen molar-refractivity contribution in [2.45, 2.75) is 281 Å². The van der Waals surface area contributed by atoms with Crippen molar-refractivity contribution >= 4 is 23.6 Å². The summed E-state index contributed by atoms with van der Waals surface area (Å²) in [4.78, 5) is 108. The summed E-state index contributed by atoms with van der Waals surface area (Å²) in [6, 6.07) is 15.3. The monoisotopic (exact) mass is 1240 g/mol. The quantitative estimate of drug-likeness (QED) is 0.0927. The Hall–Kier alpha value is -7.31. The van der Waals surface area contributed by atoms with Gasteiger partial charge >= 0.3 is 0 Å². The maximum Gasteiger partial charge on any atom is 0.282 e. The summed E-state index contributed by atoms with van der Waals surface area (Å²) < 4.78 is 4.93. The first-order chi connectivity index (χ1) is 42.0. The van der Waals surface area contributed by atoms with E-state index in [1.54, 1.807) is 39.9 Å². The molecule has 3 fully saturated rings. The smallest absolute Gasteiger partial charge is 0.282 e. The number of carbonyl (C=O) groups is 4. The molecule has 4 amide bonds. The summed E-state index contributed by atoms with van der Waals surface area (Å²) in [5, 5.41) is 15.4. The van der Waals surface area contributed by atoms with Crippen molar-refractivity contribution in [2.75, 3.05) is 0 Å². The fraction of sp³-hybridized carbons (Fsp3) is 0.614. The van der Waals surface area contributed by atoms with Gasteiger partial charge in [-0.15, -0.1) is 0 Å². The molecule has 3 aliphatic carbocycles. The van der Waals surface area contributed by atoms with Gasteiger partial charge in [-0.1, -0.05) is 144 Å². The number of amides is 4. The van der Waals surface area contributed by atoms with Gasteiger partial charge in [0.15, 0.2) is 11.4 Å². The topological polar surface area (TPSA) is 254 Å². The molecule has 0 radical (unpaired) electrons. The number of hydrogen-bond acceptors (Lipinski definition) is 11. The molecule has 0 bridgehead atoms. The molecule has 3 aliphatic rings. The van der Waals surface area contributed by atoms with Crippen LogP contribution in [0, 0.1) is 0 Å². The Morgan fingerprint density at radius 3 is 1.29 bits per heavy atom. The molecule has 3 saturated carbocycles. The normalized spacial score (nSPS) is 14.3. The minimum atomic E-state index is -0.467. The molecule has 4 heterocycles. The Kier molecular flexibility index (Phi) is 35.5. The number of rotatable bonds is 9. The second-order valence-corrected chi connectivity index (χ2v) is 25.6. The van der Waals surface area contributed by atoms with E-state index < -0.39 is 22.9 Å². The van der Waals surface area contributed by atoms with Gasteiger partial charge in [0.05, 0.1) is 6.04 Å². The molecule has 496 valence electrons. The first kappa shape index (κ1) is 79.7. The molecule has 0 atom stereocenters. The molecule has 0 saturated heterocycles. The average Bonchev–Trinajstić information content (AvgIpc) is 2.16. The lowest BCUT2D eigenvalue weighted by Crippen LogP contribution is -2.44. The van der Waals surface area contributed by atoms with Crippen LogP contribution < -0.4 is 43.5 Å². The molecule has 19 nitrogen and oxygen atoms in total. The van der Waals surface area contributed by atoms with Crippen LogP contribution in [0.5, 0.6) is 0 Å². The highest BCUT2D eigenvalue weighted by Gasteiger charge is 2.26. The van der Waals surface area contributed by atoms with Crippen LogP contribution in [-0.4, -0.2) is 79.7 Å². The van der Waals surface area contributed by atoms with Crippen LogP contribution in [0.3, 0.4) is 0 Å². The van der Waals surface area contributed by atoms with E-state index in [9.17, 15) is 38.4 Å². The molecule has 8 rings (SSSR count). The average molecular weight is 1240 g/mol. The van der Waals surface area contributed by atoms with Gasteiger partial charge in [0.25, 0.3) is 45.9 Å². The van der Waals surface area contributed by atoms with Crippen molar-refractivity contribution in [2.24, 2.45) is 0 Å². The molecule has 0 aliphatic heterocycles. The largest absolute Gasteiger partial charge is 0.347 e. The van der Waals surface area contributed by atoms with Crippen molar-refractivity contribution < 1.29 is 19.2 Å². The van der Waals surface area contributed by atoms with Crippen LogP contribution in [0.4, 0.5) is 0 Å². The zero-order chi connectivity index (χ0) is 67.7. The van der Waals surface area contributed by atoms with E-state index in [1.807, 2.05) is 175 Å². The molecule has 89 heavy (non-hydrogen) atoms. The number of carbonyl (C=O) groups excluding carboxylic acids is 4. The molecular formula is C70H113N11O8. The summed E-state index contributed by atoms with van der Waals surface area (Å²) in [6.45, 7) is 38.6. The fourth-order valence-electron chi connectivity index (χ4n) is 9.86. The van der Waals surface area contributed by atoms with Crippen molar-refractivity contribution in [3.63, 3.8) is 0 Å². The van der Waals surface area contributed by atoms with Gasteiger partial charge in [0, 0.05) is 77.3 Å². The van der Waals surface area contributed by atoms with Gasteiger partial charge in [-0.05, 0) is 145 Å². The number of pyridine rings is 1. The minimum Gasteiger partial charge on any atom is -0.347 e. The van der Waals surface area contributed by atoms with E-state index in [2.05, 4.69) is 41.3 Å². The predicted octanol–water partition coefficient (Wildman–Crippen LogP) is 13.4. The number of nitrogens with one attached hydrogen (secondary N) is 5. The van der Waals surface area contributed by atoms with E-state index in [-0.39, 0.29) is 85.7 Å². The summed E-state index contributed by atoms with van der Waals surface area (Å²) in [5.74, 6) is -1.47. The van der Waals surface area contributed by atoms with Gasteiger partial charge in [0.2, 0.25) is 0 Å². The number of aromatic nitrogens is 7. The molecular weight excluding hydrogens is 1120 g/mol. The van der Waals surface area contributed by atoms with E-state index in [1.165, 1.54) is 36.2 Å². The van der Waals surface area contributed by atoms with Crippen LogP contribution in [0.15, 0.2) is 98.7 Å². The highest BCUT2D eigenvalue weighted by atomic mass is 16.2. The maximum absolute atomic E-state index is 12.5. The van der Waals surface area contributed by atoms with Crippen molar-refractivity contribution in [1.29, 1.82) is 0 Å². The van der Waals surface area contributed by atoms with Crippen molar-refractivity contribution in [1.82, 2.24) is 55.1 Å². The summed E-state index contributed by atoms with van der Waals surface area (Å²) in [7, 11) is 0. The number of H-pyrrole nitrogens is 1. The molecule has 0 spiro atoms. The third kappa shape index (κ3) is 28.8. The molecule has 5 aromatic rings. The van der Waals surface area contributed by atoms with Crippen LogP contribution in [0.2, 0.25) is 0 Å². The van der Waals surface area contributed by atoms with E-state index >= 15 is 0 Å². The number of benzene rings is 1. The first-order valence-corrected chi connectivity index (χ1v) is 32.8. The third-order valence-electron chi connectivity index (χ3n) is 13.5. The zero-order valence-electron chi connectivity index (χ0n) is 58.0. The van der Waals surface area contributed by atoms with Gasteiger partial charge in [0.1, 0.15) is 11.1 Å². The standard InChI is InChI=1S/C16H19N3O2.C16H24N2O2.2C15H23N3O2.4C2H6/c1-16(2,3)19-15(21)13-14(20)18-12(10-17-13)9-11-7-5-4-6-8-11;1-16(2,3)17-14(19)13-10-7-11-18(15(13)20)12-8-5-4-6-9-12;1-15(2,3)17-13(19)12-14(20)18(10-9-16-12)11-7-5-4-6-8-11;1-15(2,3)17-13(19)12-9-10-16-18(14(12)20)11-7-5-4-6-8-11;4*1-2/h4-8,10H,9H2,1-3H3,(H,18,20)(H,19,21);7,10-12H,4-6,8-9H2,1-3H3,(H,17,19);2*9-11H,4-8H2,1-3H3,(H,17,19);4*1-2H3. The van der Waals surface area contributed by atoms with Gasteiger partial charge in [-0.2, -0.15) is 5.10 Å². The summed E-state index contributed by atoms with van der Waals surface area (Å²) >= 11 is 0. The predicted molar refractivity (Wildman–Crippen MR) is 362 cm³/mol. The second kappa shape index (κ2) is 39.6. The van der Waals surface area contributed by atoms with Crippen LogP contribution >= 0.6 is 0 Å². The first-order valence-electron chi connectivity index (χ1n) is 32.8. The highest BCUT2D eigenvalue weighted by molar-refractivity contribution is 5.95. The molecule has 1 aromatic carbocycles. The minimum absolute atomic E-state index is 0.00648. The lowest BCUT2D eigenvalue weighted by molar-refractivity contribution is 0.0902. The molecule has 5 N–H and O–H groups in total. The number of hydrogen-bond donors (Lipinski definition) is 5. The van der Waals surface area contributed by atoms with Crippen LogP contribution in [0.1, 0.15) is 306 Å². The van der Waals surface area contributed by atoms with Gasteiger partial charge in [-0.25, -0.2) is 14.6 Å². The second-order valence-electron chi connectivity index (χ2n) is 25.6. The Balaban J connectivity index is 0.000000571. The molecule has 4 aromatic heterocycles. The van der Waals surface area contributed by atoms with E-state index in [4.69, 9.17) is 0 Å². The molecule has 0 unspecified atom stereocenters. The van der Waals surface area contributed by atoms with Crippen molar-refractivity contribution in [3.8, 4) is 0 Å². The Morgan fingerprint density at radius 1 is 0.449 bits per heavy atom. The Morgan fingerprint density at radius 2 is 0.854 bits per heavy atom. The Labute approximate surface area is 531 Å². The fourth-order valence-corrected chi connectivity index (χ4v) is 9.86. The summed E-state index contributed by atoms with van der Waals surface area (Å²) in [5.41, 5.74) is -0.612. The van der Waals surface area contributed by atoms with Crippen molar-refractivity contribution in [3.05, 3.63) is 155 Å². The number of nitrogens with zero attached hydrogens (tertiary/aromatic N) is 6. The maximum atomic E-state index is 12.5. The molecule has 19 heteroatoms. The number of aromatic amines is 1. The zero-order valence-corrected chi connectivity index (χ0v) is 58.0. The third-order valence-corrected chi connectivity index (χ3v) is 13.5. The van der Waals surface area contributed by atoms with Gasteiger partial charge < -0.3 is 35.4 Å². The van der Waals surface area contributed by atoms with E-state index in [0.717, 1.165) is 82.6 Å².